The van der Waals surface area contributed by atoms with Crippen LogP contribution in [-0.4, -0.2) is 34.5 Å². The molecular weight excluding hydrogens is 226 g/mol. The molecule has 0 saturated carbocycles. The van der Waals surface area contributed by atoms with Gasteiger partial charge in [-0.2, -0.15) is 0 Å². The molecule has 1 atom stereocenters. The van der Waals surface area contributed by atoms with E-state index in [2.05, 4.69) is 4.98 Å². The first kappa shape index (κ1) is 11.4. The normalized spacial score (nSPS) is 19.9. The van der Waals surface area contributed by atoms with Gasteiger partial charge in [0.15, 0.2) is 0 Å². The lowest BCUT2D eigenvalue weighted by Gasteiger charge is -2.07. The Hall–Kier alpha value is -1.07. The topological polar surface area (TPSA) is 59.4 Å². The molecule has 16 heavy (non-hydrogen) atoms. The molecule has 1 aromatic heterocycles. The van der Waals surface area contributed by atoms with Crippen molar-refractivity contribution >= 4 is 17.7 Å². The summed E-state index contributed by atoms with van der Waals surface area (Å²) in [5, 5.41) is 9.57. The van der Waals surface area contributed by atoms with E-state index in [0.29, 0.717) is 6.10 Å². The van der Waals surface area contributed by atoms with Crippen LogP contribution >= 0.6 is 11.8 Å². The third-order valence-corrected chi connectivity index (χ3v) is 3.48. The molecule has 2 heterocycles. The first-order chi connectivity index (χ1) is 7.75. The average Bonchev–Trinajstić information content (AvgIpc) is 2.79. The molecule has 0 bridgehead atoms. The van der Waals surface area contributed by atoms with Gasteiger partial charge in [0.2, 0.25) is 0 Å². The van der Waals surface area contributed by atoms with Crippen molar-refractivity contribution in [2.45, 2.75) is 24.0 Å². The minimum Gasteiger partial charge on any atom is -0.478 e. The molecule has 1 aromatic rings. The number of aromatic nitrogens is 1. The van der Waals surface area contributed by atoms with Gasteiger partial charge >= 0.3 is 5.97 Å². The van der Waals surface area contributed by atoms with Crippen LogP contribution in [0.5, 0.6) is 0 Å². The maximum atomic E-state index is 10.8. The maximum Gasteiger partial charge on any atom is 0.335 e. The standard InChI is InChI=1S/C11H13NO3S/c13-11(14)8-3-4-12-10(6-8)16-7-9-2-1-5-15-9/h3-4,6,9H,1-2,5,7H2,(H,13,14). The van der Waals surface area contributed by atoms with Gasteiger partial charge in [0.1, 0.15) is 0 Å². The number of hydrogen-bond donors (Lipinski definition) is 1. The zero-order valence-corrected chi connectivity index (χ0v) is 9.57. The van der Waals surface area contributed by atoms with Gasteiger partial charge in [-0.3, -0.25) is 0 Å². The summed E-state index contributed by atoms with van der Waals surface area (Å²) in [6.45, 7) is 0.841. The van der Waals surface area contributed by atoms with Gasteiger partial charge in [-0.25, -0.2) is 9.78 Å². The second-order valence-corrected chi connectivity index (χ2v) is 4.67. The highest BCUT2D eigenvalue weighted by Crippen LogP contribution is 2.22. The summed E-state index contributed by atoms with van der Waals surface area (Å²) in [5.41, 5.74) is 0.282. The van der Waals surface area contributed by atoms with E-state index in [1.807, 2.05) is 0 Å². The second kappa shape index (κ2) is 5.32. The summed E-state index contributed by atoms with van der Waals surface area (Å²) >= 11 is 1.55. The first-order valence-corrected chi connectivity index (χ1v) is 6.18. The van der Waals surface area contributed by atoms with Gasteiger partial charge in [-0.05, 0) is 25.0 Å². The molecule has 1 N–H and O–H groups in total. The summed E-state index contributed by atoms with van der Waals surface area (Å²) < 4.78 is 5.49. The largest absolute Gasteiger partial charge is 0.478 e. The van der Waals surface area contributed by atoms with Gasteiger partial charge in [0.25, 0.3) is 0 Å². The quantitative estimate of drug-likeness (QED) is 0.815. The number of aromatic carboxylic acids is 1. The Morgan fingerprint density at radius 3 is 3.25 bits per heavy atom. The molecule has 2 rings (SSSR count). The van der Waals surface area contributed by atoms with E-state index in [9.17, 15) is 4.79 Å². The molecule has 1 unspecified atom stereocenters. The number of rotatable bonds is 4. The lowest BCUT2D eigenvalue weighted by Crippen LogP contribution is -2.08. The number of carbonyl (C=O) groups is 1. The minimum absolute atomic E-state index is 0.282. The van der Waals surface area contributed by atoms with Crippen molar-refractivity contribution in [2.24, 2.45) is 0 Å². The Bertz CT molecular complexity index is 377. The van der Waals surface area contributed by atoms with Crippen LogP contribution in [0.3, 0.4) is 0 Å². The Kier molecular flexibility index (Phi) is 3.79. The van der Waals surface area contributed by atoms with E-state index in [-0.39, 0.29) is 5.56 Å². The summed E-state index contributed by atoms with van der Waals surface area (Å²) in [6, 6.07) is 3.10. The molecule has 0 radical (unpaired) electrons. The van der Waals surface area contributed by atoms with Crippen LogP contribution in [0.15, 0.2) is 23.4 Å². The number of ether oxygens (including phenoxy) is 1. The lowest BCUT2D eigenvalue weighted by molar-refractivity contribution is 0.0696. The predicted molar refractivity (Wildman–Crippen MR) is 60.9 cm³/mol. The molecule has 1 aliphatic heterocycles. The highest BCUT2D eigenvalue weighted by molar-refractivity contribution is 7.99. The number of carboxylic acid groups (broad SMARTS) is 1. The number of nitrogens with zero attached hydrogens (tertiary/aromatic N) is 1. The SMILES string of the molecule is O=C(O)c1ccnc(SCC2CCCO2)c1. The van der Waals surface area contributed by atoms with Crippen molar-refractivity contribution in [1.82, 2.24) is 4.98 Å². The van der Waals surface area contributed by atoms with Crippen LogP contribution in [0.25, 0.3) is 0 Å². The zero-order chi connectivity index (χ0) is 11.4. The van der Waals surface area contributed by atoms with Crippen LogP contribution in [-0.2, 0) is 4.74 Å². The molecule has 0 amide bonds. The van der Waals surface area contributed by atoms with E-state index in [1.54, 1.807) is 17.8 Å². The Balaban J connectivity index is 1.93. The average molecular weight is 239 g/mol. The fraction of sp³-hybridized carbons (Fsp3) is 0.455. The third-order valence-electron chi connectivity index (χ3n) is 2.42. The van der Waals surface area contributed by atoms with Gasteiger partial charge < -0.3 is 9.84 Å². The molecule has 0 spiro atoms. The van der Waals surface area contributed by atoms with Gasteiger partial charge in [-0.1, -0.05) is 0 Å². The lowest BCUT2D eigenvalue weighted by atomic mass is 10.3. The second-order valence-electron chi connectivity index (χ2n) is 3.63. The zero-order valence-electron chi connectivity index (χ0n) is 8.76. The predicted octanol–water partition coefficient (Wildman–Crippen LogP) is 2.05. The Morgan fingerprint density at radius 1 is 1.69 bits per heavy atom. The molecule has 1 fully saturated rings. The summed E-state index contributed by atoms with van der Waals surface area (Å²) in [4.78, 5) is 14.9. The monoisotopic (exact) mass is 239 g/mol. The minimum atomic E-state index is -0.915. The van der Waals surface area contributed by atoms with E-state index in [1.165, 1.54) is 12.3 Å². The highest BCUT2D eigenvalue weighted by atomic mass is 32.2. The number of pyridine rings is 1. The van der Waals surface area contributed by atoms with E-state index in [0.717, 1.165) is 30.2 Å². The number of hydrogen-bond acceptors (Lipinski definition) is 4. The van der Waals surface area contributed by atoms with Crippen LogP contribution in [0, 0.1) is 0 Å². The molecule has 1 saturated heterocycles. The van der Waals surface area contributed by atoms with E-state index < -0.39 is 5.97 Å². The maximum absolute atomic E-state index is 10.8. The first-order valence-electron chi connectivity index (χ1n) is 5.19. The fourth-order valence-corrected chi connectivity index (χ4v) is 2.54. The Labute approximate surface area is 98.0 Å². The van der Waals surface area contributed by atoms with Crippen LogP contribution in [0.4, 0.5) is 0 Å². The van der Waals surface area contributed by atoms with Gasteiger partial charge in [-0.15, -0.1) is 11.8 Å². The Morgan fingerprint density at radius 2 is 2.56 bits per heavy atom. The fourth-order valence-electron chi connectivity index (χ4n) is 1.58. The van der Waals surface area contributed by atoms with Crippen molar-refractivity contribution in [3.8, 4) is 0 Å². The van der Waals surface area contributed by atoms with E-state index >= 15 is 0 Å². The summed E-state index contributed by atoms with van der Waals surface area (Å²) in [6.07, 6.45) is 4.03. The van der Waals surface area contributed by atoms with Crippen molar-refractivity contribution in [3.05, 3.63) is 23.9 Å². The smallest absolute Gasteiger partial charge is 0.335 e. The van der Waals surface area contributed by atoms with Crippen LogP contribution in [0.1, 0.15) is 23.2 Å². The highest BCUT2D eigenvalue weighted by Gasteiger charge is 2.16. The third kappa shape index (κ3) is 2.96. The molecule has 0 aliphatic carbocycles. The van der Waals surface area contributed by atoms with Crippen molar-refractivity contribution < 1.29 is 14.6 Å². The van der Waals surface area contributed by atoms with Crippen molar-refractivity contribution in [1.29, 1.82) is 0 Å². The molecule has 0 aromatic carbocycles. The number of carboxylic acids is 1. The van der Waals surface area contributed by atoms with Crippen LogP contribution < -0.4 is 0 Å². The van der Waals surface area contributed by atoms with Crippen LogP contribution in [0.2, 0.25) is 0 Å². The van der Waals surface area contributed by atoms with Gasteiger partial charge in [0.05, 0.1) is 16.7 Å². The molecule has 86 valence electrons. The van der Waals surface area contributed by atoms with E-state index in [4.69, 9.17) is 9.84 Å². The molecular formula is C11H13NO3S. The molecule has 4 nitrogen and oxygen atoms in total. The molecule has 1 aliphatic rings. The van der Waals surface area contributed by atoms with Crippen molar-refractivity contribution in [2.75, 3.05) is 12.4 Å². The van der Waals surface area contributed by atoms with Crippen molar-refractivity contribution in [3.63, 3.8) is 0 Å². The summed E-state index contributed by atoms with van der Waals surface area (Å²) in [7, 11) is 0. The summed E-state index contributed by atoms with van der Waals surface area (Å²) in [5.74, 6) is -0.0721. The van der Waals surface area contributed by atoms with Gasteiger partial charge in [0, 0.05) is 18.6 Å². The number of thioether (sulfide) groups is 1. The molecule has 5 heteroatoms.